The maximum atomic E-state index is 11.9. The van der Waals surface area contributed by atoms with Crippen molar-refractivity contribution in [2.45, 2.75) is 11.6 Å². The third kappa shape index (κ3) is 3.27. The van der Waals surface area contributed by atoms with E-state index >= 15 is 0 Å². The minimum absolute atomic E-state index is 0.00935. The van der Waals surface area contributed by atoms with Crippen molar-refractivity contribution >= 4 is 10.0 Å². The molecule has 1 heterocycles. The first-order valence-electron chi connectivity index (χ1n) is 5.01. The fraction of sp³-hybridized carbons (Fsp3) is 0.364. The second-order valence-electron chi connectivity index (χ2n) is 3.50. The normalized spacial score (nSPS) is 11.4. The highest BCUT2D eigenvalue weighted by Gasteiger charge is 2.20. The molecule has 0 spiro atoms. The first kappa shape index (κ1) is 13.6. The molecule has 17 heavy (non-hydrogen) atoms. The smallest absolute Gasteiger partial charge is 0.261 e. The Hall–Kier alpha value is -1.42. The highest BCUT2D eigenvalue weighted by Crippen LogP contribution is 2.11. The lowest BCUT2D eigenvalue weighted by Crippen LogP contribution is -2.28. The van der Waals surface area contributed by atoms with Gasteiger partial charge in [0.2, 0.25) is 0 Å². The highest BCUT2D eigenvalue weighted by atomic mass is 32.2. The summed E-state index contributed by atoms with van der Waals surface area (Å²) in [6.07, 6.45) is 6.62. The van der Waals surface area contributed by atoms with E-state index in [-0.39, 0.29) is 11.6 Å². The summed E-state index contributed by atoms with van der Waals surface area (Å²) in [6, 6.07) is 3.20. The summed E-state index contributed by atoms with van der Waals surface area (Å²) >= 11 is 0. The van der Waals surface area contributed by atoms with Crippen molar-refractivity contribution in [2.75, 3.05) is 20.6 Å². The number of terminal acetylenes is 1. The van der Waals surface area contributed by atoms with Crippen LogP contribution in [0.5, 0.6) is 0 Å². The molecule has 0 amide bonds. The van der Waals surface area contributed by atoms with E-state index in [0.717, 1.165) is 9.87 Å². The van der Waals surface area contributed by atoms with Crippen LogP contribution in [0.15, 0.2) is 23.4 Å². The lowest BCUT2D eigenvalue weighted by atomic mass is 10.3. The molecule has 0 aliphatic heterocycles. The fourth-order valence-corrected chi connectivity index (χ4v) is 2.24. The van der Waals surface area contributed by atoms with Crippen LogP contribution in [0, 0.1) is 12.3 Å². The van der Waals surface area contributed by atoms with Crippen LogP contribution in [-0.2, 0) is 16.6 Å². The number of hydrogen-bond acceptors (Lipinski definition) is 4. The molecule has 5 nitrogen and oxygen atoms in total. The van der Waals surface area contributed by atoms with Gasteiger partial charge < -0.3 is 5.32 Å². The number of pyridine rings is 1. The Labute approximate surface area is 102 Å². The lowest BCUT2D eigenvalue weighted by molar-refractivity contribution is 0.499. The second-order valence-corrected chi connectivity index (χ2v) is 5.49. The molecule has 0 fully saturated rings. The quantitative estimate of drug-likeness (QED) is 0.754. The van der Waals surface area contributed by atoms with Crippen molar-refractivity contribution in [2.24, 2.45) is 0 Å². The van der Waals surface area contributed by atoms with Gasteiger partial charge in [0.05, 0.1) is 6.54 Å². The number of hydrogen-bond donors (Lipinski definition) is 1. The van der Waals surface area contributed by atoms with Crippen molar-refractivity contribution in [3.05, 3.63) is 23.9 Å². The van der Waals surface area contributed by atoms with Crippen LogP contribution in [0.4, 0.5) is 0 Å². The van der Waals surface area contributed by atoms with Gasteiger partial charge in [0.25, 0.3) is 10.0 Å². The summed E-state index contributed by atoms with van der Waals surface area (Å²) in [5, 5.41) is 2.97. The van der Waals surface area contributed by atoms with E-state index in [1.807, 2.05) is 7.05 Å². The summed E-state index contributed by atoms with van der Waals surface area (Å²) < 4.78 is 25.0. The van der Waals surface area contributed by atoms with Crippen molar-refractivity contribution in [3.8, 4) is 12.3 Å². The summed E-state index contributed by atoms with van der Waals surface area (Å²) in [5.41, 5.74) is 0.922. The summed E-state index contributed by atoms with van der Waals surface area (Å²) in [7, 11) is -0.334. The zero-order chi connectivity index (χ0) is 12.9. The SMILES string of the molecule is C#CCN(C)S(=O)(=O)c1ccc(CNC)cn1. The van der Waals surface area contributed by atoms with Gasteiger partial charge in [-0.25, -0.2) is 13.4 Å². The topological polar surface area (TPSA) is 62.3 Å². The van der Waals surface area contributed by atoms with E-state index < -0.39 is 10.0 Å². The molecule has 0 aromatic carbocycles. The molecule has 0 bridgehead atoms. The molecule has 0 atom stereocenters. The molecule has 6 heteroatoms. The average Bonchev–Trinajstić information content (AvgIpc) is 2.30. The van der Waals surface area contributed by atoms with Crippen LogP contribution in [0.2, 0.25) is 0 Å². The Morgan fingerprint density at radius 1 is 1.53 bits per heavy atom. The van der Waals surface area contributed by atoms with Crippen molar-refractivity contribution < 1.29 is 8.42 Å². The van der Waals surface area contributed by atoms with Crippen LogP contribution >= 0.6 is 0 Å². The third-order valence-corrected chi connectivity index (χ3v) is 3.89. The van der Waals surface area contributed by atoms with Gasteiger partial charge in [0.1, 0.15) is 0 Å². The molecule has 1 N–H and O–H groups in total. The Morgan fingerprint density at radius 2 is 2.24 bits per heavy atom. The zero-order valence-corrected chi connectivity index (χ0v) is 10.7. The molecule has 0 aliphatic carbocycles. The van der Waals surface area contributed by atoms with Crippen LogP contribution in [-0.4, -0.2) is 38.3 Å². The fourth-order valence-electron chi connectivity index (χ4n) is 1.25. The van der Waals surface area contributed by atoms with Crippen LogP contribution in [0.3, 0.4) is 0 Å². The molecule has 1 rings (SSSR count). The number of nitrogens with one attached hydrogen (secondary N) is 1. The highest BCUT2D eigenvalue weighted by molar-refractivity contribution is 7.89. The van der Waals surface area contributed by atoms with Gasteiger partial charge in [-0.1, -0.05) is 12.0 Å². The average molecular weight is 253 g/mol. The Kier molecular flexibility index (Phi) is 4.63. The summed E-state index contributed by atoms with van der Waals surface area (Å²) in [6.45, 7) is 0.676. The number of nitrogens with zero attached hydrogens (tertiary/aromatic N) is 2. The molecule has 0 aliphatic rings. The zero-order valence-electron chi connectivity index (χ0n) is 9.84. The molecule has 0 saturated heterocycles. The number of sulfonamides is 1. The predicted octanol–water partition coefficient (Wildman–Crippen LogP) is 0.0547. The van der Waals surface area contributed by atoms with Gasteiger partial charge in [-0.05, 0) is 18.7 Å². The van der Waals surface area contributed by atoms with Gasteiger partial charge in [-0.15, -0.1) is 6.42 Å². The van der Waals surface area contributed by atoms with E-state index in [4.69, 9.17) is 6.42 Å². The molecule has 1 aromatic rings. The standard InChI is InChI=1S/C11H15N3O2S/c1-4-7-14(3)17(15,16)11-6-5-10(8-12-2)9-13-11/h1,5-6,9,12H,7-8H2,2-3H3. The van der Waals surface area contributed by atoms with Crippen LogP contribution < -0.4 is 5.32 Å². The largest absolute Gasteiger partial charge is 0.316 e. The van der Waals surface area contributed by atoms with E-state index in [1.165, 1.54) is 19.3 Å². The number of aromatic nitrogens is 1. The van der Waals surface area contributed by atoms with Crippen molar-refractivity contribution in [3.63, 3.8) is 0 Å². The molecular weight excluding hydrogens is 238 g/mol. The first-order chi connectivity index (χ1) is 8.02. The molecule has 1 aromatic heterocycles. The third-order valence-electron chi connectivity index (χ3n) is 2.17. The maximum absolute atomic E-state index is 11.9. The monoisotopic (exact) mass is 253 g/mol. The lowest BCUT2D eigenvalue weighted by Gasteiger charge is -2.13. The van der Waals surface area contributed by atoms with E-state index in [1.54, 1.807) is 6.07 Å². The van der Waals surface area contributed by atoms with E-state index in [9.17, 15) is 8.42 Å². The first-order valence-corrected chi connectivity index (χ1v) is 6.45. The minimum atomic E-state index is -3.57. The summed E-state index contributed by atoms with van der Waals surface area (Å²) in [5.74, 6) is 2.28. The molecule has 92 valence electrons. The van der Waals surface area contributed by atoms with Crippen molar-refractivity contribution in [1.82, 2.24) is 14.6 Å². The van der Waals surface area contributed by atoms with Crippen molar-refractivity contribution in [1.29, 1.82) is 0 Å². The molecular formula is C11H15N3O2S. The minimum Gasteiger partial charge on any atom is -0.316 e. The Balaban J connectivity index is 2.97. The van der Waals surface area contributed by atoms with E-state index in [0.29, 0.717) is 6.54 Å². The second kappa shape index (κ2) is 5.77. The Morgan fingerprint density at radius 3 is 2.71 bits per heavy atom. The van der Waals surface area contributed by atoms with Gasteiger partial charge >= 0.3 is 0 Å². The van der Waals surface area contributed by atoms with E-state index in [2.05, 4.69) is 16.2 Å². The van der Waals surface area contributed by atoms with Gasteiger partial charge in [0, 0.05) is 19.8 Å². The van der Waals surface area contributed by atoms with Gasteiger partial charge in [-0.2, -0.15) is 4.31 Å². The van der Waals surface area contributed by atoms with Gasteiger partial charge in [-0.3, -0.25) is 0 Å². The predicted molar refractivity (Wildman–Crippen MR) is 65.6 cm³/mol. The Bertz CT molecular complexity index is 503. The van der Waals surface area contributed by atoms with Crippen LogP contribution in [0.25, 0.3) is 0 Å². The summed E-state index contributed by atoms with van der Waals surface area (Å²) in [4.78, 5) is 3.93. The maximum Gasteiger partial charge on any atom is 0.261 e. The molecule has 0 radical (unpaired) electrons. The molecule has 0 saturated carbocycles. The van der Waals surface area contributed by atoms with Crippen LogP contribution in [0.1, 0.15) is 5.56 Å². The molecule has 0 unspecified atom stereocenters. The van der Waals surface area contributed by atoms with Gasteiger partial charge in [0.15, 0.2) is 5.03 Å². The number of rotatable bonds is 5.